The van der Waals surface area contributed by atoms with Crippen LogP contribution < -0.4 is 0 Å². The SMILES string of the molecule is CCN1CCN([C@@H](c2ccco2)c2sc3nc(C)nn3c2O)CC1. The Morgan fingerprint density at radius 1 is 1.33 bits per heavy atom. The number of thiazole rings is 1. The van der Waals surface area contributed by atoms with Crippen LogP contribution in [0.3, 0.4) is 0 Å². The van der Waals surface area contributed by atoms with Gasteiger partial charge in [0.2, 0.25) is 10.8 Å². The first-order valence-corrected chi connectivity index (χ1v) is 9.04. The molecule has 0 bridgehead atoms. The van der Waals surface area contributed by atoms with E-state index < -0.39 is 0 Å². The van der Waals surface area contributed by atoms with Gasteiger partial charge in [-0.1, -0.05) is 18.3 Å². The van der Waals surface area contributed by atoms with Gasteiger partial charge in [0.05, 0.1) is 11.1 Å². The molecule has 0 unspecified atom stereocenters. The predicted molar refractivity (Wildman–Crippen MR) is 91.5 cm³/mol. The van der Waals surface area contributed by atoms with Crippen molar-refractivity contribution in [2.24, 2.45) is 0 Å². The quantitative estimate of drug-likeness (QED) is 0.780. The van der Waals surface area contributed by atoms with Crippen molar-refractivity contribution in [2.45, 2.75) is 19.9 Å². The molecule has 4 rings (SSSR count). The third-order valence-corrected chi connectivity index (χ3v) is 5.66. The topological polar surface area (TPSA) is 70.0 Å². The summed E-state index contributed by atoms with van der Waals surface area (Å²) in [5.74, 6) is 1.67. The van der Waals surface area contributed by atoms with Crippen LogP contribution >= 0.6 is 11.3 Å². The van der Waals surface area contributed by atoms with E-state index in [-0.39, 0.29) is 11.9 Å². The van der Waals surface area contributed by atoms with Gasteiger partial charge in [0.25, 0.3) is 0 Å². The van der Waals surface area contributed by atoms with Crippen molar-refractivity contribution in [1.82, 2.24) is 24.4 Å². The number of fused-ring (bicyclic) bond motifs is 1. The highest BCUT2D eigenvalue weighted by molar-refractivity contribution is 7.17. The smallest absolute Gasteiger partial charge is 0.230 e. The van der Waals surface area contributed by atoms with E-state index in [4.69, 9.17) is 4.42 Å². The normalized spacial score (nSPS) is 18.4. The van der Waals surface area contributed by atoms with E-state index >= 15 is 0 Å². The Morgan fingerprint density at radius 3 is 2.75 bits per heavy atom. The lowest BCUT2D eigenvalue weighted by Crippen LogP contribution is -2.47. The minimum atomic E-state index is -0.104. The number of aromatic nitrogens is 3. The molecule has 3 aromatic rings. The summed E-state index contributed by atoms with van der Waals surface area (Å²) >= 11 is 1.48. The van der Waals surface area contributed by atoms with Crippen LogP contribution in [0.2, 0.25) is 0 Å². The number of rotatable bonds is 4. The van der Waals surface area contributed by atoms with E-state index in [0.717, 1.165) is 43.4 Å². The molecule has 3 aromatic heterocycles. The van der Waals surface area contributed by atoms with Gasteiger partial charge in [-0.3, -0.25) is 4.90 Å². The lowest BCUT2D eigenvalue weighted by molar-refractivity contribution is 0.105. The van der Waals surface area contributed by atoms with Crippen LogP contribution in [-0.2, 0) is 0 Å². The second kappa shape index (κ2) is 6.19. The summed E-state index contributed by atoms with van der Waals surface area (Å²) in [6, 6.07) is 3.76. The Morgan fingerprint density at radius 2 is 2.12 bits per heavy atom. The Kier molecular flexibility index (Phi) is 4.03. The van der Waals surface area contributed by atoms with E-state index in [0.29, 0.717) is 10.8 Å². The molecule has 0 spiro atoms. The van der Waals surface area contributed by atoms with Gasteiger partial charge in [-0.2, -0.15) is 4.52 Å². The molecule has 4 heterocycles. The van der Waals surface area contributed by atoms with Crippen molar-refractivity contribution in [2.75, 3.05) is 32.7 Å². The monoisotopic (exact) mass is 347 g/mol. The summed E-state index contributed by atoms with van der Waals surface area (Å²) in [5.41, 5.74) is 0. The fraction of sp³-hybridized carbons (Fsp3) is 0.500. The number of piperazine rings is 1. The molecule has 1 N–H and O–H groups in total. The number of likely N-dealkylation sites (N-methyl/N-ethyl adjacent to an activating group) is 1. The van der Waals surface area contributed by atoms with Crippen molar-refractivity contribution in [1.29, 1.82) is 0 Å². The maximum atomic E-state index is 10.7. The minimum absolute atomic E-state index is 0.104. The van der Waals surface area contributed by atoms with Gasteiger partial charge >= 0.3 is 0 Å². The number of hydrogen-bond acceptors (Lipinski definition) is 7. The second-order valence-corrected chi connectivity index (χ2v) is 7.04. The highest BCUT2D eigenvalue weighted by Crippen LogP contribution is 2.40. The van der Waals surface area contributed by atoms with E-state index in [9.17, 15) is 5.11 Å². The van der Waals surface area contributed by atoms with Gasteiger partial charge in [0.1, 0.15) is 17.6 Å². The summed E-state index contributed by atoms with van der Waals surface area (Å²) < 4.78 is 7.22. The summed E-state index contributed by atoms with van der Waals surface area (Å²) in [4.78, 5) is 10.7. The standard InChI is InChI=1S/C16H21N5O2S/c1-3-19-6-8-20(9-7-19)13(12-5-4-10-23-12)14-15(22)21-16(24-14)17-11(2)18-21/h4-5,10,13,22H,3,6-9H2,1-2H3/t13-/m0/s1. The molecule has 1 aliphatic heterocycles. The lowest BCUT2D eigenvalue weighted by Gasteiger charge is -2.37. The van der Waals surface area contributed by atoms with E-state index in [2.05, 4.69) is 26.8 Å². The predicted octanol–water partition coefficient (Wildman–Crippen LogP) is 2.12. The zero-order valence-electron chi connectivity index (χ0n) is 13.8. The first kappa shape index (κ1) is 15.6. The molecule has 7 nitrogen and oxygen atoms in total. The summed E-state index contributed by atoms with van der Waals surface area (Å²) in [6.07, 6.45) is 1.68. The maximum absolute atomic E-state index is 10.7. The molecular weight excluding hydrogens is 326 g/mol. The fourth-order valence-electron chi connectivity index (χ4n) is 3.29. The largest absolute Gasteiger partial charge is 0.492 e. The minimum Gasteiger partial charge on any atom is -0.492 e. The third kappa shape index (κ3) is 2.60. The second-order valence-electron chi connectivity index (χ2n) is 6.03. The summed E-state index contributed by atoms with van der Waals surface area (Å²) in [6.45, 7) is 9.00. The average molecular weight is 347 g/mol. The molecule has 0 aliphatic carbocycles. The molecule has 1 saturated heterocycles. The van der Waals surface area contributed by atoms with Gasteiger partial charge in [-0.15, -0.1) is 5.10 Å². The molecule has 0 saturated carbocycles. The molecule has 0 aromatic carbocycles. The van der Waals surface area contributed by atoms with Gasteiger partial charge < -0.3 is 14.4 Å². The zero-order chi connectivity index (χ0) is 16.7. The highest BCUT2D eigenvalue weighted by atomic mass is 32.1. The van der Waals surface area contributed by atoms with E-state index in [1.807, 2.05) is 19.1 Å². The molecule has 8 heteroatoms. The molecule has 24 heavy (non-hydrogen) atoms. The Labute approximate surface area is 144 Å². The van der Waals surface area contributed by atoms with Crippen LogP contribution in [0.15, 0.2) is 22.8 Å². The van der Waals surface area contributed by atoms with Crippen molar-refractivity contribution in [3.8, 4) is 5.88 Å². The molecular formula is C16H21N5O2S. The van der Waals surface area contributed by atoms with Crippen molar-refractivity contribution < 1.29 is 9.52 Å². The highest BCUT2D eigenvalue weighted by Gasteiger charge is 2.33. The molecule has 128 valence electrons. The van der Waals surface area contributed by atoms with Gasteiger partial charge in [-0.25, -0.2) is 4.98 Å². The number of nitrogens with zero attached hydrogens (tertiary/aromatic N) is 5. The first-order valence-electron chi connectivity index (χ1n) is 8.22. The van der Waals surface area contributed by atoms with Crippen molar-refractivity contribution in [3.05, 3.63) is 34.9 Å². The Bertz CT molecular complexity index is 817. The molecule has 0 amide bonds. The zero-order valence-corrected chi connectivity index (χ0v) is 14.7. The summed E-state index contributed by atoms with van der Waals surface area (Å²) in [7, 11) is 0. The first-order chi connectivity index (χ1) is 11.7. The maximum Gasteiger partial charge on any atom is 0.230 e. The van der Waals surface area contributed by atoms with Gasteiger partial charge in [0, 0.05) is 26.2 Å². The Hall–Kier alpha value is -1.90. The van der Waals surface area contributed by atoms with Crippen LogP contribution in [0.25, 0.3) is 4.96 Å². The van der Waals surface area contributed by atoms with Crippen LogP contribution in [-0.4, -0.2) is 62.2 Å². The van der Waals surface area contributed by atoms with Crippen LogP contribution in [0.4, 0.5) is 0 Å². The number of furan rings is 1. The fourth-order valence-corrected chi connectivity index (χ4v) is 4.43. The molecule has 1 atom stereocenters. The Balaban J connectivity index is 1.72. The van der Waals surface area contributed by atoms with Gasteiger partial charge in [-0.05, 0) is 25.6 Å². The van der Waals surface area contributed by atoms with Crippen molar-refractivity contribution in [3.63, 3.8) is 0 Å². The van der Waals surface area contributed by atoms with E-state index in [1.54, 1.807) is 6.26 Å². The van der Waals surface area contributed by atoms with Crippen LogP contribution in [0.1, 0.15) is 29.4 Å². The number of hydrogen-bond donors (Lipinski definition) is 1. The lowest BCUT2D eigenvalue weighted by atomic mass is 10.1. The van der Waals surface area contributed by atoms with E-state index in [1.165, 1.54) is 15.9 Å². The summed E-state index contributed by atoms with van der Waals surface area (Å²) in [5, 5.41) is 15.0. The van der Waals surface area contributed by atoms with Crippen LogP contribution in [0, 0.1) is 6.92 Å². The average Bonchev–Trinajstić information content (AvgIpc) is 3.29. The molecule has 1 fully saturated rings. The molecule has 0 radical (unpaired) electrons. The third-order valence-electron chi connectivity index (χ3n) is 4.59. The molecule has 1 aliphatic rings. The van der Waals surface area contributed by atoms with Crippen LogP contribution in [0.5, 0.6) is 5.88 Å². The van der Waals surface area contributed by atoms with Gasteiger partial charge in [0.15, 0.2) is 0 Å². The number of aromatic hydroxyl groups is 1. The number of aryl methyl sites for hydroxylation is 1. The van der Waals surface area contributed by atoms with Crippen molar-refractivity contribution >= 4 is 16.3 Å².